The molecule has 0 amide bonds. The Kier molecular flexibility index (Phi) is 5.99. The van der Waals surface area contributed by atoms with E-state index in [0.717, 1.165) is 21.9 Å². The van der Waals surface area contributed by atoms with E-state index in [1.807, 2.05) is 33.8 Å². The van der Waals surface area contributed by atoms with E-state index in [1.54, 1.807) is 25.3 Å². The summed E-state index contributed by atoms with van der Waals surface area (Å²) in [5.74, 6) is -0.641. The monoisotopic (exact) mass is 484 g/mol. The molecule has 1 N–H and O–H groups in total. The van der Waals surface area contributed by atoms with Crippen molar-refractivity contribution in [2.75, 3.05) is 0 Å². The first-order valence-electron chi connectivity index (χ1n) is 10.9. The Morgan fingerprint density at radius 2 is 1.79 bits per heavy atom. The lowest BCUT2D eigenvalue weighted by Gasteiger charge is -2.24. The fourth-order valence-electron chi connectivity index (χ4n) is 4.12. The molecule has 0 fully saturated rings. The van der Waals surface area contributed by atoms with Crippen LogP contribution in [0.15, 0.2) is 46.1 Å². The number of aliphatic hydroxyl groups is 1. The molecule has 2 heterocycles. The molecular weight excluding hydrogens is 459 g/mol. The quantitative estimate of drug-likeness (QED) is 0.469. The number of aryl methyl sites for hydroxylation is 1. The fraction of sp³-hybridized carbons (Fsp3) is 0.320. The molecule has 0 atom stereocenters. The van der Waals surface area contributed by atoms with Gasteiger partial charge in [0.1, 0.15) is 18.1 Å². The number of fused-ring (bicyclic) bond motifs is 1. The third-order valence-electron chi connectivity index (χ3n) is 5.88. The highest BCUT2D eigenvalue weighted by Gasteiger charge is 2.24. The van der Waals surface area contributed by atoms with E-state index < -0.39 is 29.1 Å². The Bertz CT molecular complexity index is 1540. The highest BCUT2D eigenvalue weighted by atomic mass is 35.5. The zero-order valence-corrected chi connectivity index (χ0v) is 20.4. The molecular formula is C25H26ClFN4O3. The van der Waals surface area contributed by atoms with Crippen molar-refractivity contribution >= 4 is 22.4 Å². The van der Waals surface area contributed by atoms with Crippen LogP contribution in [0.4, 0.5) is 4.39 Å². The predicted octanol–water partition coefficient (Wildman–Crippen LogP) is 4.25. The first kappa shape index (κ1) is 23.9. The van der Waals surface area contributed by atoms with Gasteiger partial charge in [-0.2, -0.15) is 4.68 Å². The number of aliphatic hydroxyl groups excluding tert-OH is 1. The summed E-state index contributed by atoms with van der Waals surface area (Å²) in [4.78, 5) is 26.3. The first-order valence-corrected chi connectivity index (χ1v) is 11.3. The normalized spacial score (nSPS) is 12.0. The van der Waals surface area contributed by atoms with Crippen molar-refractivity contribution in [3.63, 3.8) is 0 Å². The third kappa shape index (κ3) is 3.86. The number of pyridine rings is 1. The molecule has 7 nitrogen and oxygen atoms in total. The van der Waals surface area contributed by atoms with Crippen LogP contribution in [-0.4, -0.2) is 24.0 Å². The maximum atomic E-state index is 15.4. The van der Waals surface area contributed by atoms with Crippen molar-refractivity contribution in [2.45, 2.75) is 53.2 Å². The highest BCUT2D eigenvalue weighted by Crippen LogP contribution is 2.32. The Hall–Kier alpha value is -3.23. The zero-order chi connectivity index (χ0) is 24.9. The molecule has 0 aliphatic heterocycles. The van der Waals surface area contributed by atoms with Crippen molar-refractivity contribution in [1.82, 2.24) is 18.9 Å². The van der Waals surface area contributed by atoms with Gasteiger partial charge in [0.25, 0.3) is 5.56 Å². The summed E-state index contributed by atoms with van der Waals surface area (Å²) < 4.78 is 19.0. The SMILES string of the molecule is CCn1c(CO)nn(-c2cc3c(C(C)(C)C)cn(-c4cc(C)ccc4Cl)c(=O)c3cc2F)c1=O. The van der Waals surface area contributed by atoms with E-state index in [-0.39, 0.29) is 23.4 Å². The standard InChI is InChI=1S/C25H26ClFN4O3/c1-6-29-22(13-32)28-31(24(29)34)21-11-15-16(10-19(21)27)23(33)30(12-17(15)25(3,4)5)20-9-14(2)7-8-18(20)26/h7-12,32H,6,13H2,1-5H3. The zero-order valence-electron chi connectivity index (χ0n) is 19.7. The van der Waals surface area contributed by atoms with Crippen LogP contribution in [0.25, 0.3) is 22.1 Å². The number of aromatic nitrogens is 4. The molecule has 4 aromatic rings. The second kappa shape index (κ2) is 8.52. The van der Waals surface area contributed by atoms with Crippen LogP contribution in [-0.2, 0) is 18.6 Å². The predicted molar refractivity (Wildman–Crippen MR) is 131 cm³/mol. The van der Waals surface area contributed by atoms with Gasteiger partial charge in [-0.05, 0) is 60.0 Å². The summed E-state index contributed by atoms with van der Waals surface area (Å²) in [7, 11) is 0. The van der Waals surface area contributed by atoms with Crippen LogP contribution in [0.1, 0.15) is 44.6 Å². The molecule has 0 unspecified atom stereocenters. The minimum Gasteiger partial charge on any atom is -0.388 e. The molecule has 4 rings (SSSR count). The minimum absolute atomic E-state index is 0.0874. The van der Waals surface area contributed by atoms with Crippen molar-refractivity contribution < 1.29 is 9.50 Å². The summed E-state index contributed by atoms with van der Waals surface area (Å²) in [5, 5.41) is 14.7. The smallest absolute Gasteiger partial charge is 0.350 e. The summed E-state index contributed by atoms with van der Waals surface area (Å²) in [5.41, 5.74) is 0.695. The summed E-state index contributed by atoms with van der Waals surface area (Å²) in [6.07, 6.45) is 1.72. The van der Waals surface area contributed by atoms with Gasteiger partial charge in [0.15, 0.2) is 5.82 Å². The van der Waals surface area contributed by atoms with Gasteiger partial charge in [0.05, 0.1) is 16.1 Å². The van der Waals surface area contributed by atoms with E-state index in [9.17, 15) is 14.7 Å². The molecule has 2 aromatic heterocycles. The number of halogens is 2. The molecule has 0 aliphatic rings. The lowest BCUT2D eigenvalue weighted by molar-refractivity contribution is 0.264. The number of rotatable bonds is 4. The number of hydrogen-bond acceptors (Lipinski definition) is 4. The van der Waals surface area contributed by atoms with E-state index in [0.29, 0.717) is 16.1 Å². The molecule has 178 valence electrons. The summed E-state index contributed by atoms with van der Waals surface area (Å²) in [6, 6.07) is 7.99. The van der Waals surface area contributed by atoms with E-state index in [4.69, 9.17) is 11.6 Å². The fourth-order valence-corrected chi connectivity index (χ4v) is 4.33. The lowest BCUT2D eigenvalue weighted by atomic mass is 9.84. The summed E-state index contributed by atoms with van der Waals surface area (Å²) >= 11 is 6.42. The maximum Gasteiger partial charge on any atom is 0.350 e. The molecule has 0 bridgehead atoms. The Morgan fingerprint density at radius 3 is 2.38 bits per heavy atom. The number of hydrogen-bond donors (Lipinski definition) is 1. The summed E-state index contributed by atoms with van der Waals surface area (Å²) in [6.45, 7) is 9.41. The molecule has 0 saturated heterocycles. The van der Waals surface area contributed by atoms with E-state index in [1.165, 1.54) is 15.2 Å². The Labute approximate surface area is 200 Å². The second-order valence-corrected chi connectivity index (χ2v) is 9.69. The van der Waals surface area contributed by atoms with Crippen LogP contribution >= 0.6 is 11.6 Å². The van der Waals surface area contributed by atoms with Gasteiger partial charge in [-0.25, -0.2) is 9.18 Å². The van der Waals surface area contributed by atoms with Gasteiger partial charge in [-0.3, -0.25) is 13.9 Å². The topological polar surface area (TPSA) is 82.0 Å². The average Bonchev–Trinajstić information content (AvgIpc) is 3.10. The first-order chi connectivity index (χ1) is 16.0. The van der Waals surface area contributed by atoms with Crippen LogP contribution < -0.4 is 11.2 Å². The van der Waals surface area contributed by atoms with Crippen molar-refractivity contribution in [3.8, 4) is 11.4 Å². The Balaban J connectivity index is 2.10. The largest absolute Gasteiger partial charge is 0.388 e. The van der Waals surface area contributed by atoms with Crippen LogP contribution in [0.5, 0.6) is 0 Å². The van der Waals surface area contributed by atoms with Gasteiger partial charge in [0, 0.05) is 12.7 Å². The van der Waals surface area contributed by atoms with Crippen molar-refractivity contribution in [1.29, 1.82) is 0 Å². The van der Waals surface area contributed by atoms with Gasteiger partial charge < -0.3 is 5.11 Å². The van der Waals surface area contributed by atoms with Crippen LogP contribution in [0, 0.1) is 12.7 Å². The van der Waals surface area contributed by atoms with Gasteiger partial charge in [-0.1, -0.05) is 38.4 Å². The molecule has 2 aromatic carbocycles. The molecule has 34 heavy (non-hydrogen) atoms. The van der Waals surface area contributed by atoms with Gasteiger partial charge in [-0.15, -0.1) is 5.10 Å². The van der Waals surface area contributed by atoms with Crippen molar-refractivity contribution in [2.24, 2.45) is 0 Å². The number of benzene rings is 2. The molecule has 0 aliphatic carbocycles. The molecule has 0 saturated carbocycles. The average molecular weight is 485 g/mol. The van der Waals surface area contributed by atoms with Crippen LogP contribution in [0.3, 0.4) is 0 Å². The third-order valence-corrected chi connectivity index (χ3v) is 6.20. The van der Waals surface area contributed by atoms with E-state index >= 15 is 4.39 Å². The molecule has 0 radical (unpaired) electrons. The highest BCUT2D eigenvalue weighted by molar-refractivity contribution is 6.32. The van der Waals surface area contributed by atoms with E-state index in [2.05, 4.69) is 5.10 Å². The van der Waals surface area contributed by atoms with Crippen LogP contribution in [0.2, 0.25) is 5.02 Å². The molecule has 9 heteroatoms. The lowest BCUT2D eigenvalue weighted by Crippen LogP contribution is -2.26. The minimum atomic E-state index is -0.773. The van der Waals surface area contributed by atoms with Gasteiger partial charge >= 0.3 is 5.69 Å². The second-order valence-electron chi connectivity index (χ2n) is 9.28. The maximum absolute atomic E-state index is 15.4. The Morgan fingerprint density at radius 1 is 1.09 bits per heavy atom. The molecule has 0 spiro atoms. The van der Waals surface area contributed by atoms with Gasteiger partial charge in [0.2, 0.25) is 0 Å². The number of nitrogens with zero attached hydrogens (tertiary/aromatic N) is 4. The van der Waals surface area contributed by atoms with Crippen molar-refractivity contribution in [3.05, 3.63) is 85.2 Å².